The molecular formula is C18H24N2O6S. The predicted molar refractivity (Wildman–Crippen MR) is 98.1 cm³/mol. The van der Waals surface area contributed by atoms with Crippen molar-refractivity contribution < 1.29 is 27.9 Å². The zero-order chi connectivity index (χ0) is 19.8. The standard InChI is InChI=1S/C18H24N2O6S/c1-12-14-5-3-4-6-15(14)26-17(12)18(23)20(11-16(21)22)13-7-9-19(10-8-13)27(2,24)25/h3-6,12-13,17H,7-11H2,1-2H3,(H,21,22)/t12-,17+/m0/s1. The van der Waals surface area contributed by atoms with E-state index >= 15 is 0 Å². The van der Waals surface area contributed by atoms with Crippen molar-refractivity contribution in [1.29, 1.82) is 0 Å². The van der Waals surface area contributed by atoms with Crippen molar-refractivity contribution in [2.45, 2.75) is 37.8 Å². The summed E-state index contributed by atoms with van der Waals surface area (Å²) >= 11 is 0. The molecule has 8 nitrogen and oxygen atoms in total. The maximum Gasteiger partial charge on any atom is 0.323 e. The highest BCUT2D eigenvalue weighted by Crippen LogP contribution is 2.38. The van der Waals surface area contributed by atoms with Gasteiger partial charge in [0.25, 0.3) is 5.91 Å². The number of rotatable bonds is 5. The molecule has 0 bridgehead atoms. The number of sulfonamides is 1. The van der Waals surface area contributed by atoms with E-state index in [4.69, 9.17) is 4.74 Å². The summed E-state index contributed by atoms with van der Waals surface area (Å²) in [5, 5.41) is 9.29. The maximum atomic E-state index is 13.1. The van der Waals surface area contributed by atoms with Crippen LogP contribution in [0.15, 0.2) is 24.3 Å². The molecule has 0 aliphatic carbocycles. The van der Waals surface area contributed by atoms with Crippen molar-refractivity contribution in [3.63, 3.8) is 0 Å². The number of nitrogens with zero attached hydrogens (tertiary/aromatic N) is 2. The molecule has 1 N–H and O–H groups in total. The number of carboxylic acid groups (broad SMARTS) is 1. The van der Waals surface area contributed by atoms with Crippen molar-refractivity contribution >= 4 is 21.9 Å². The number of para-hydroxylation sites is 1. The summed E-state index contributed by atoms with van der Waals surface area (Å²) in [6.07, 6.45) is 1.19. The normalized spacial score (nSPS) is 23.5. The van der Waals surface area contributed by atoms with Crippen LogP contribution in [0.3, 0.4) is 0 Å². The number of amides is 1. The topological polar surface area (TPSA) is 104 Å². The van der Waals surface area contributed by atoms with E-state index in [0.29, 0.717) is 18.6 Å². The van der Waals surface area contributed by atoms with E-state index in [2.05, 4.69) is 0 Å². The third-order valence-corrected chi connectivity index (χ3v) is 6.59. The van der Waals surface area contributed by atoms with Crippen LogP contribution < -0.4 is 4.74 Å². The van der Waals surface area contributed by atoms with E-state index in [1.54, 1.807) is 6.07 Å². The second kappa shape index (κ2) is 7.47. The Morgan fingerprint density at radius 1 is 1.26 bits per heavy atom. The fourth-order valence-electron chi connectivity index (χ4n) is 3.81. The van der Waals surface area contributed by atoms with E-state index in [1.165, 1.54) is 9.21 Å². The molecule has 1 amide bonds. The smallest absolute Gasteiger partial charge is 0.323 e. The first-order valence-electron chi connectivity index (χ1n) is 8.91. The molecule has 0 radical (unpaired) electrons. The number of carbonyl (C=O) groups excluding carboxylic acids is 1. The molecule has 148 valence electrons. The van der Waals surface area contributed by atoms with Crippen LogP contribution in [0, 0.1) is 0 Å². The zero-order valence-electron chi connectivity index (χ0n) is 15.4. The Morgan fingerprint density at radius 2 is 1.89 bits per heavy atom. The van der Waals surface area contributed by atoms with Crippen molar-refractivity contribution in [3.05, 3.63) is 29.8 Å². The predicted octanol–water partition coefficient (Wildman–Crippen LogP) is 0.888. The molecule has 0 saturated carbocycles. The minimum absolute atomic E-state index is 0.180. The third kappa shape index (κ3) is 4.08. The van der Waals surface area contributed by atoms with E-state index in [9.17, 15) is 23.1 Å². The second-order valence-electron chi connectivity index (χ2n) is 7.12. The molecule has 1 saturated heterocycles. The lowest BCUT2D eigenvalue weighted by Crippen LogP contribution is -2.53. The van der Waals surface area contributed by atoms with Crippen LogP contribution >= 0.6 is 0 Å². The number of carbonyl (C=O) groups is 2. The lowest BCUT2D eigenvalue weighted by molar-refractivity contribution is -0.150. The fourth-order valence-corrected chi connectivity index (χ4v) is 4.69. The lowest BCUT2D eigenvalue weighted by Gasteiger charge is -2.38. The lowest BCUT2D eigenvalue weighted by atomic mass is 9.95. The van der Waals surface area contributed by atoms with E-state index < -0.39 is 28.6 Å². The van der Waals surface area contributed by atoms with Crippen molar-refractivity contribution in [2.75, 3.05) is 25.9 Å². The Morgan fingerprint density at radius 3 is 2.44 bits per heavy atom. The molecule has 2 atom stereocenters. The molecule has 2 aliphatic heterocycles. The van der Waals surface area contributed by atoms with Crippen molar-refractivity contribution in [2.24, 2.45) is 0 Å². The summed E-state index contributed by atoms with van der Waals surface area (Å²) in [5.41, 5.74) is 0.929. The molecule has 2 heterocycles. The molecule has 27 heavy (non-hydrogen) atoms. The number of benzene rings is 1. The van der Waals surface area contributed by atoms with Gasteiger partial charge in [0.15, 0.2) is 6.10 Å². The van der Waals surface area contributed by atoms with Gasteiger partial charge in [0.2, 0.25) is 10.0 Å². The number of fused-ring (bicyclic) bond motifs is 1. The first-order chi connectivity index (χ1) is 12.7. The highest BCUT2D eigenvalue weighted by Gasteiger charge is 2.41. The van der Waals surface area contributed by atoms with Gasteiger partial charge in [-0.05, 0) is 18.9 Å². The molecule has 0 spiro atoms. The van der Waals surface area contributed by atoms with Gasteiger partial charge < -0.3 is 14.7 Å². The summed E-state index contributed by atoms with van der Waals surface area (Å²) in [4.78, 5) is 25.8. The minimum atomic E-state index is -3.29. The Kier molecular flexibility index (Phi) is 5.43. The van der Waals surface area contributed by atoms with Crippen LogP contribution in [0.1, 0.15) is 31.2 Å². The molecular weight excluding hydrogens is 372 g/mol. The minimum Gasteiger partial charge on any atom is -0.480 e. The SMILES string of the molecule is C[C@H]1c2ccccc2O[C@H]1C(=O)N(CC(=O)O)C1CCN(S(C)(=O)=O)CC1. The number of aliphatic carboxylic acids is 1. The number of hydrogen-bond acceptors (Lipinski definition) is 5. The van der Waals surface area contributed by atoms with E-state index in [-0.39, 0.29) is 31.0 Å². The highest BCUT2D eigenvalue weighted by atomic mass is 32.2. The molecule has 1 fully saturated rings. The summed E-state index contributed by atoms with van der Waals surface area (Å²) in [6, 6.07) is 7.08. The molecule has 1 aromatic carbocycles. The Balaban J connectivity index is 1.76. The summed E-state index contributed by atoms with van der Waals surface area (Å²) < 4.78 is 30.5. The number of hydrogen-bond donors (Lipinski definition) is 1. The summed E-state index contributed by atoms with van der Waals surface area (Å²) in [6.45, 7) is 2.01. The molecule has 3 rings (SSSR count). The third-order valence-electron chi connectivity index (χ3n) is 5.28. The van der Waals surface area contributed by atoms with Gasteiger partial charge in [-0.3, -0.25) is 9.59 Å². The Labute approximate surface area is 158 Å². The first-order valence-corrected chi connectivity index (χ1v) is 10.8. The largest absolute Gasteiger partial charge is 0.480 e. The monoisotopic (exact) mass is 396 g/mol. The summed E-state index contributed by atoms with van der Waals surface area (Å²) in [7, 11) is -3.29. The molecule has 1 aromatic rings. The average Bonchev–Trinajstić information content (AvgIpc) is 2.95. The van der Waals surface area contributed by atoms with Crippen LogP contribution in [0.2, 0.25) is 0 Å². The van der Waals surface area contributed by atoms with Gasteiger partial charge in [0, 0.05) is 30.6 Å². The van der Waals surface area contributed by atoms with Gasteiger partial charge in [0.1, 0.15) is 12.3 Å². The number of piperidine rings is 1. The maximum absolute atomic E-state index is 13.1. The molecule has 2 aliphatic rings. The van der Waals surface area contributed by atoms with E-state index in [0.717, 1.165) is 11.8 Å². The van der Waals surface area contributed by atoms with Gasteiger partial charge >= 0.3 is 5.97 Å². The molecule has 0 unspecified atom stereocenters. The van der Waals surface area contributed by atoms with Gasteiger partial charge in [-0.1, -0.05) is 25.1 Å². The van der Waals surface area contributed by atoms with Crippen LogP contribution in [-0.2, 0) is 19.6 Å². The average molecular weight is 396 g/mol. The van der Waals surface area contributed by atoms with E-state index in [1.807, 2.05) is 25.1 Å². The van der Waals surface area contributed by atoms with Gasteiger partial charge in [-0.2, -0.15) is 0 Å². The number of carboxylic acids is 1. The number of ether oxygens (including phenoxy) is 1. The molecule has 0 aromatic heterocycles. The van der Waals surface area contributed by atoms with Gasteiger partial charge in [-0.25, -0.2) is 12.7 Å². The van der Waals surface area contributed by atoms with Crippen LogP contribution in [0.5, 0.6) is 5.75 Å². The molecule has 9 heteroatoms. The van der Waals surface area contributed by atoms with Gasteiger partial charge in [-0.15, -0.1) is 0 Å². The fraction of sp³-hybridized carbons (Fsp3) is 0.556. The Bertz CT molecular complexity index is 832. The first kappa shape index (κ1) is 19.6. The highest BCUT2D eigenvalue weighted by molar-refractivity contribution is 7.88. The zero-order valence-corrected chi connectivity index (χ0v) is 16.2. The van der Waals surface area contributed by atoms with Crippen LogP contribution in [0.4, 0.5) is 0 Å². The second-order valence-corrected chi connectivity index (χ2v) is 9.10. The Hall–Kier alpha value is -2.13. The van der Waals surface area contributed by atoms with Gasteiger partial charge in [0.05, 0.1) is 6.26 Å². The quantitative estimate of drug-likeness (QED) is 0.793. The van der Waals surface area contributed by atoms with Crippen molar-refractivity contribution in [3.8, 4) is 5.75 Å². The van der Waals surface area contributed by atoms with Crippen molar-refractivity contribution in [1.82, 2.24) is 9.21 Å². The van der Waals surface area contributed by atoms with Crippen LogP contribution in [-0.4, -0.2) is 72.6 Å². The summed E-state index contributed by atoms with van der Waals surface area (Å²) in [5.74, 6) is -0.998. The van der Waals surface area contributed by atoms with Crippen LogP contribution in [0.25, 0.3) is 0 Å².